The van der Waals surface area contributed by atoms with Crippen molar-refractivity contribution in [3.63, 3.8) is 0 Å². The summed E-state index contributed by atoms with van der Waals surface area (Å²) in [4.78, 5) is 6.87. The molecule has 0 atom stereocenters. The summed E-state index contributed by atoms with van der Waals surface area (Å²) >= 11 is 0. The van der Waals surface area contributed by atoms with Gasteiger partial charge in [-0.15, -0.1) is 0 Å². The molecule has 2 aromatic heterocycles. The summed E-state index contributed by atoms with van der Waals surface area (Å²) in [5.74, 6) is 1.40. The molecule has 1 aliphatic rings. The van der Waals surface area contributed by atoms with Crippen LogP contribution in [0.5, 0.6) is 5.75 Å². The Balaban J connectivity index is 0.00000231. The van der Waals surface area contributed by atoms with E-state index in [0.717, 1.165) is 45.1 Å². The highest BCUT2D eigenvalue weighted by molar-refractivity contribution is 6.03. The van der Waals surface area contributed by atoms with E-state index in [-0.39, 0.29) is 24.0 Å². The van der Waals surface area contributed by atoms with Gasteiger partial charge in [0.2, 0.25) is 5.58 Å². The number of oxazole rings is 1. The molecule has 2 aromatic carbocycles. The zero-order valence-electron chi connectivity index (χ0n) is 17.5. The van der Waals surface area contributed by atoms with E-state index in [1.165, 1.54) is 0 Å². The quantitative estimate of drug-likeness (QED) is 0.303. The summed E-state index contributed by atoms with van der Waals surface area (Å²) in [6.07, 6.45) is 6.15. The van der Waals surface area contributed by atoms with Gasteiger partial charge in [-0.2, -0.15) is 0 Å². The Morgan fingerprint density at radius 1 is 1.06 bits per heavy atom. The molecule has 31 heavy (non-hydrogen) atoms. The molecule has 3 heterocycles. The third-order valence-electron chi connectivity index (χ3n) is 5.42. The molecule has 0 saturated carbocycles. The lowest BCUT2D eigenvalue weighted by atomic mass is 9.94. The zero-order chi connectivity index (χ0) is 20.7. The molecular formula is C25H22IN3O2. The number of hydrogen-bond donors (Lipinski definition) is 0. The number of aromatic nitrogens is 2. The molecule has 156 valence electrons. The second-order valence-corrected chi connectivity index (χ2v) is 7.30. The molecular weight excluding hydrogens is 501 g/mol. The molecule has 0 unspecified atom stereocenters. The third kappa shape index (κ3) is 3.83. The van der Waals surface area contributed by atoms with Crippen molar-refractivity contribution in [3.05, 3.63) is 90.0 Å². The first kappa shape index (κ1) is 21.1. The molecule has 4 aromatic rings. The van der Waals surface area contributed by atoms with Crippen molar-refractivity contribution >= 4 is 34.3 Å². The number of pyridine rings is 1. The van der Waals surface area contributed by atoms with Crippen molar-refractivity contribution in [2.75, 3.05) is 19.1 Å². The van der Waals surface area contributed by atoms with Crippen LogP contribution in [0.3, 0.4) is 0 Å². The van der Waals surface area contributed by atoms with Crippen LogP contribution < -0.4 is 38.2 Å². The maximum Gasteiger partial charge on any atom is 0.370 e. The predicted octanol–water partition coefficient (Wildman–Crippen LogP) is 1.70. The molecule has 1 aliphatic heterocycles. The van der Waals surface area contributed by atoms with Gasteiger partial charge in [0.15, 0.2) is 0 Å². The Kier molecular flexibility index (Phi) is 5.82. The highest BCUT2D eigenvalue weighted by Crippen LogP contribution is 2.41. The van der Waals surface area contributed by atoms with Crippen LogP contribution in [-0.4, -0.2) is 19.1 Å². The summed E-state index contributed by atoms with van der Waals surface area (Å²) in [7, 11) is 5.73. The summed E-state index contributed by atoms with van der Waals surface area (Å²) in [6, 6.07) is 20.4. The average molecular weight is 523 g/mol. The van der Waals surface area contributed by atoms with Gasteiger partial charge in [0.05, 0.1) is 26.0 Å². The largest absolute Gasteiger partial charge is 1.00 e. The van der Waals surface area contributed by atoms with Gasteiger partial charge in [-0.05, 0) is 41.5 Å². The Morgan fingerprint density at radius 3 is 2.61 bits per heavy atom. The summed E-state index contributed by atoms with van der Waals surface area (Å²) in [5, 5.41) is 0. The Labute approximate surface area is 198 Å². The second kappa shape index (κ2) is 8.55. The first-order valence-corrected chi connectivity index (χ1v) is 9.80. The minimum Gasteiger partial charge on any atom is -1.00 e. The summed E-state index contributed by atoms with van der Waals surface area (Å²) < 4.78 is 13.4. The van der Waals surface area contributed by atoms with E-state index < -0.39 is 0 Å². The van der Waals surface area contributed by atoms with Gasteiger partial charge in [-0.3, -0.25) is 0 Å². The minimum absolute atomic E-state index is 0. The molecule has 0 aliphatic carbocycles. The van der Waals surface area contributed by atoms with Crippen molar-refractivity contribution in [3.8, 4) is 5.75 Å². The van der Waals surface area contributed by atoms with Crippen LogP contribution in [0.15, 0.2) is 77.4 Å². The molecule has 0 N–H and O–H groups in total. The topological polar surface area (TPSA) is 42.4 Å². The molecule has 0 saturated heterocycles. The SMILES string of the molecule is COc1ccc2c(c1)N(C)C(c1ccccc1)=C/C2=C\c1nc2c(ccc[n+]2C)o1.[I-]. The number of benzene rings is 2. The zero-order valence-corrected chi connectivity index (χ0v) is 19.7. The van der Waals surface area contributed by atoms with Crippen molar-refractivity contribution in [2.45, 2.75) is 0 Å². The Bertz CT molecular complexity index is 1310. The summed E-state index contributed by atoms with van der Waals surface area (Å²) in [5.41, 5.74) is 7.04. The van der Waals surface area contributed by atoms with E-state index in [0.29, 0.717) is 5.89 Å². The number of aryl methyl sites for hydroxylation is 1. The molecule has 6 heteroatoms. The molecule has 5 nitrogen and oxygen atoms in total. The molecule has 5 rings (SSSR count). The predicted molar refractivity (Wildman–Crippen MR) is 119 cm³/mol. The lowest BCUT2D eigenvalue weighted by Crippen LogP contribution is -3.00. The van der Waals surface area contributed by atoms with E-state index >= 15 is 0 Å². The van der Waals surface area contributed by atoms with Gasteiger partial charge in [-0.25, -0.2) is 4.57 Å². The number of halogens is 1. The number of rotatable bonds is 3. The lowest BCUT2D eigenvalue weighted by Gasteiger charge is -2.30. The van der Waals surface area contributed by atoms with E-state index in [9.17, 15) is 0 Å². The molecule has 0 radical (unpaired) electrons. The van der Waals surface area contributed by atoms with Crippen LogP contribution in [0.4, 0.5) is 5.69 Å². The Morgan fingerprint density at radius 2 is 1.87 bits per heavy atom. The highest BCUT2D eigenvalue weighted by atomic mass is 127. The fourth-order valence-electron chi connectivity index (χ4n) is 3.84. The lowest BCUT2D eigenvalue weighted by molar-refractivity contribution is -0.646. The van der Waals surface area contributed by atoms with Gasteiger partial charge >= 0.3 is 11.5 Å². The van der Waals surface area contributed by atoms with E-state index in [4.69, 9.17) is 9.15 Å². The fourth-order valence-corrected chi connectivity index (χ4v) is 3.84. The molecule has 0 fully saturated rings. The normalized spacial score (nSPS) is 14.2. The smallest absolute Gasteiger partial charge is 0.370 e. The standard InChI is InChI=1S/C25H22N3O2.HI/c1-27-13-7-10-23-25(27)26-24(30-23)15-18-14-21(17-8-5-4-6-9-17)28(2)22-16-19(29-3)11-12-20(18)22;/h4-16H,1-3H3;1H/q+1;/p-1. The first-order valence-electron chi connectivity index (χ1n) is 9.80. The fraction of sp³-hybridized carbons (Fsp3) is 0.120. The van der Waals surface area contributed by atoms with Gasteiger partial charge in [-0.1, -0.05) is 30.3 Å². The minimum atomic E-state index is 0. The summed E-state index contributed by atoms with van der Waals surface area (Å²) in [6.45, 7) is 0. The second-order valence-electron chi connectivity index (χ2n) is 7.30. The molecule has 0 spiro atoms. The van der Waals surface area contributed by atoms with Crippen molar-refractivity contribution < 1.29 is 37.7 Å². The van der Waals surface area contributed by atoms with Crippen LogP contribution in [0, 0.1) is 0 Å². The third-order valence-corrected chi connectivity index (χ3v) is 5.42. The van der Waals surface area contributed by atoms with Gasteiger partial charge < -0.3 is 38.0 Å². The number of allylic oxidation sites excluding steroid dienone is 2. The number of ether oxygens (including phenoxy) is 1. The van der Waals surface area contributed by atoms with Crippen molar-refractivity contribution in [2.24, 2.45) is 7.05 Å². The number of methoxy groups -OCH3 is 1. The van der Waals surface area contributed by atoms with Crippen molar-refractivity contribution in [1.82, 2.24) is 4.98 Å². The monoisotopic (exact) mass is 523 g/mol. The number of hydrogen-bond acceptors (Lipinski definition) is 4. The van der Waals surface area contributed by atoms with Crippen LogP contribution in [0.1, 0.15) is 17.0 Å². The van der Waals surface area contributed by atoms with Crippen LogP contribution in [-0.2, 0) is 7.05 Å². The number of anilines is 1. The number of nitrogens with zero attached hydrogens (tertiary/aromatic N) is 3. The van der Waals surface area contributed by atoms with E-state index in [1.807, 2.05) is 48.2 Å². The maximum atomic E-state index is 6.00. The highest BCUT2D eigenvalue weighted by Gasteiger charge is 2.23. The number of fused-ring (bicyclic) bond motifs is 2. The van der Waals surface area contributed by atoms with Gasteiger partial charge in [0.25, 0.3) is 0 Å². The van der Waals surface area contributed by atoms with Gasteiger partial charge in [0, 0.05) is 35.4 Å². The average Bonchev–Trinajstić information content (AvgIpc) is 3.20. The van der Waals surface area contributed by atoms with E-state index in [2.05, 4.69) is 59.4 Å². The molecule has 0 bridgehead atoms. The van der Waals surface area contributed by atoms with Gasteiger partial charge in [0.1, 0.15) is 5.75 Å². The maximum absolute atomic E-state index is 6.00. The van der Waals surface area contributed by atoms with Crippen molar-refractivity contribution in [1.29, 1.82) is 0 Å². The molecule has 0 amide bonds. The van der Waals surface area contributed by atoms with Crippen LogP contribution in [0.25, 0.3) is 28.6 Å². The van der Waals surface area contributed by atoms with E-state index in [1.54, 1.807) is 7.11 Å². The Hall–Kier alpha value is -3.13. The van der Waals surface area contributed by atoms with Crippen LogP contribution >= 0.6 is 0 Å². The van der Waals surface area contributed by atoms with Crippen LogP contribution in [0.2, 0.25) is 0 Å². The first-order chi connectivity index (χ1) is 14.6.